The first-order chi connectivity index (χ1) is 17.0. The van der Waals surface area contributed by atoms with Crippen molar-refractivity contribution in [3.05, 3.63) is 87.1 Å². The Morgan fingerprint density at radius 2 is 1.80 bits per heavy atom. The van der Waals surface area contributed by atoms with E-state index >= 15 is 0 Å². The molecule has 6 nitrogen and oxygen atoms in total. The van der Waals surface area contributed by atoms with Crippen LogP contribution < -0.4 is 4.74 Å². The molecule has 0 saturated carbocycles. The first-order valence-corrected chi connectivity index (χ1v) is 12.8. The molecule has 0 bridgehead atoms. The van der Waals surface area contributed by atoms with Crippen molar-refractivity contribution in [2.75, 3.05) is 40.0 Å². The summed E-state index contributed by atoms with van der Waals surface area (Å²) in [5.41, 5.74) is 3.69. The minimum atomic E-state index is -0.199. The van der Waals surface area contributed by atoms with E-state index in [9.17, 15) is 9.59 Å². The summed E-state index contributed by atoms with van der Waals surface area (Å²) in [6.45, 7) is 5.59. The second-order valence-corrected chi connectivity index (χ2v) is 9.76. The van der Waals surface area contributed by atoms with E-state index in [-0.39, 0.29) is 24.4 Å². The van der Waals surface area contributed by atoms with E-state index < -0.39 is 0 Å². The predicted molar refractivity (Wildman–Crippen MR) is 138 cm³/mol. The number of hydrogen-bond acceptors (Lipinski definition) is 5. The Morgan fingerprint density at radius 1 is 1.06 bits per heavy atom. The number of aryl methyl sites for hydroxylation is 2. The predicted octanol–water partition coefficient (Wildman–Crippen LogP) is 4.66. The van der Waals surface area contributed by atoms with Gasteiger partial charge in [0.2, 0.25) is 5.91 Å². The highest BCUT2D eigenvalue weighted by Crippen LogP contribution is 2.34. The summed E-state index contributed by atoms with van der Waals surface area (Å²) >= 11 is 1.72. The fraction of sp³-hybridized carbons (Fsp3) is 0.357. The number of carbonyl (C=O) groups is 2. The molecule has 184 valence electrons. The lowest BCUT2D eigenvalue weighted by molar-refractivity contribution is -0.135. The van der Waals surface area contributed by atoms with Crippen LogP contribution in [0.1, 0.15) is 38.0 Å². The van der Waals surface area contributed by atoms with E-state index in [1.165, 1.54) is 4.88 Å². The number of para-hydroxylation sites is 1. The van der Waals surface area contributed by atoms with E-state index in [0.717, 1.165) is 28.9 Å². The number of nitrogens with zero attached hydrogens (tertiary/aromatic N) is 2. The van der Waals surface area contributed by atoms with Crippen LogP contribution in [0.15, 0.2) is 60.0 Å². The maximum absolute atomic E-state index is 13.7. The average molecular weight is 493 g/mol. The molecule has 7 heteroatoms. The molecule has 0 spiro atoms. The molecule has 2 amide bonds. The molecule has 0 radical (unpaired) electrons. The highest BCUT2D eigenvalue weighted by molar-refractivity contribution is 7.10. The Bertz CT molecular complexity index is 1180. The zero-order chi connectivity index (χ0) is 24.8. The van der Waals surface area contributed by atoms with Crippen LogP contribution >= 0.6 is 11.3 Å². The van der Waals surface area contributed by atoms with Gasteiger partial charge in [-0.25, -0.2) is 0 Å². The maximum atomic E-state index is 13.7. The summed E-state index contributed by atoms with van der Waals surface area (Å²) in [7, 11) is 1.60. The number of methoxy groups -OCH3 is 1. The van der Waals surface area contributed by atoms with Crippen molar-refractivity contribution in [3.8, 4) is 5.75 Å². The molecular weight excluding hydrogens is 460 g/mol. The zero-order valence-corrected chi connectivity index (χ0v) is 21.3. The summed E-state index contributed by atoms with van der Waals surface area (Å²) in [5.74, 6) is 0.575. The first kappa shape index (κ1) is 24.9. The van der Waals surface area contributed by atoms with Gasteiger partial charge in [-0.15, -0.1) is 11.3 Å². The van der Waals surface area contributed by atoms with Crippen LogP contribution in [-0.2, 0) is 16.0 Å². The Labute approximate surface area is 211 Å². The fourth-order valence-electron chi connectivity index (χ4n) is 4.45. The van der Waals surface area contributed by atoms with E-state index in [1.807, 2.05) is 61.2 Å². The summed E-state index contributed by atoms with van der Waals surface area (Å²) in [5, 5.41) is 2.08. The van der Waals surface area contributed by atoms with Crippen molar-refractivity contribution >= 4 is 23.2 Å². The molecule has 35 heavy (non-hydrogen) atoms. The van der Waals surface area contributed by atoms with Crippen LogP contribution in [-0.4, -0.2) is 61.6 Å². The molecule has 1 aromatic heterocycles. The maximum Gasteiger partial charge on any atom is 0.254 e. The second kappa shape index (κ2) is 11.5. The van der Waals surface area contributed by atoms with E-state index in [0.29, 0.717) is 31.9 Å². The summed E-state index contributed by atoms with van der Waals surface area (Å²) < 4.78 is 11.4. The number of hydrogen-bond donors (Lipinski definition) is 0. The molecule has 1 aliphatic rings. The third-order valence-corrected chi connectivity index (χ3v) is 7.46. The minimum absolute atomic E-state index is 0.00311. The number of ether oxygens (including phenoxy) is 2. The van der Waals surface area contributed by atoms with Crippen molar-refractivity contribution in [1.29, 1.82) is 0 Å². The number of benzene rings is 2. The van der Waals surface area contributed by atoms with Gasteiger partial charge in [0.15, 0.2) is 0 Å². The van der Waals surface area contributed by atoms with E-state index in [1.54, 1.807) is 29.4 Å². The van der Waals surface area contributed by atoms with Crippen molar-refractivity contribution in [2.24, 2.45) is 0 Å². The molecule has 1 atom stereocenters. The molecule has 0 saturated heterocycles. The Morgan fingerprint density at radius 3 is 2.54 bits per heavy atom. The van der Waals surface area contributed by atoms with Gasteiger partial charge in [-0.05, 0) is 60.5 Å². The number of amides is 2. The van der Waals surface area contributed by atoms with Gasteiger partial charge in [-0.3, -0.25) is 9.59 Å². The van der Waals surface area contributed by atoms with Gasteiger partial charge in [0.05, 0.1) is 12.6 Å². The van der Waals surface area contributed by atoms with Crippen LogP contribution in [0.3, 0.4) is 0 Å². The van der Waals surface area contributed by atoms with Crippen molar-refractivity contribution in [3.63, 3.8) is 0 Å². The molecule has 3 aromatic rings. The molecule has 4 rings (SSSR count). The van der Waals surface area contributed by atoms with Gasteiger partial charge in [-0.1, -0.05) is 36.4 Å². The largest absolute Gasteiger partial charge is 0.491 e. The molecule has 0 fully saturated rings. The third kappa shape index (κ3) is 5.74. The Balaban J connectivity index is 1.54. The quantitative estimate of drug-likeness (QED) is 0.436. The molecule has 2 heterocycles. The van der Waals surface area contributed by atoms with Crippen LogP contribution in [0.2, 0.25) is 0 Å². The first-order valence-electron chi connectivity index (χ1n) is 11.9. The summed E-state index contributed by atoms with van der Waals surface area (Å²) in [6.07, 6.45) is 0.809. The summed E-state index contributed by atoms with van der Waals surface area (Å²) in [6, 6.07) is 17.3. The van der Waals surface area contributed by atoms with Crippen molar-refractivity contribution < 1.29 is 19.1 Å². The Hall–Kier alpha value is -3.16. The standard InChI is InChI=1S/C28H32N2O4S/c1-20-8-4-6-10-22(20)28(32)29(15-16-33-3)18-27(31)30-14-12-26-23(13-17-35-26)24(30)19-34-25-11-7-5-9-21(25)2/h4-11,13,17,24H,12,14-16,18-19H2,1-3H3/t24-/m1/s1. The lowest BCUT2D eigenvalue weighted by Crippen LogP contribution is -2.48. The molecule has 0 aliphatic carbocycles. The lowest BCUT2D eigenvalue weighted by atomic mass is 10.00. The highest BCUT2D eigenvalue weighted by atomic mass is 32.1. The van der Waals surface area contributed by atoms with Crippen LogP contribution in [0.4, 0.5) is 0 Å². The van der Waals surface area contributed by atoms with Gasteiger partial charge >= 0.3 is 0 Å². The smallest absolute Gasteiger partial charge is 0.254 e. The van der Waals surface area contributed by atoms with Gasteiger partial charge in [0.25, 0.3) is 5.91 Å². The number of rotatable bonds is 9. The lowest BCUT2D eigenvalue weighted by Gasteiger charge is -2.37. The number of fused-ring (bicyclic) bond motifs is 1. The molecule has 0 unspecified atom stereocenters. The fourth-order valence-corrected chi connectivity index (χ4v) is 5.38. The van der Waals surface area contributed by atoms with Crippen LogP contribution in [0, 0.1) is 13.8 Å². The van der Waals surface area contributed by atoms with E-state index in [4.69, 9.17) is 9.47 Å². The van der Waals surface area contributed by atoms with Crippen LogP contribution in [0.5, 0.6) is 5.75 Å². The van der Waals surface area contributed by atoms with Crippen molar-refractivity contribution in [1.82, 2.24) is 9.80 Å². The van der Waals surface area contributed by atoms with Gasteiger partial charge < -0.3 is 19.3 Å². The number of thiophene rings is 1. The molecule has 0 N–H and O–H groups in total. The van der Waals surface area contributed by atoms with E-state index in [2.05, 4.69) is 11.4 Å². The normalized spacial score (nSPS) is 14.9. The van der Waals surface area contributed by atoms with Gasteiger partial charge in [0.1, 0.15) is 18.9 Å². The highest BCUT2D eigenvalue weighted by Gasteiger charge is 2.33. The zero-order valence-electron chi connectivity index (χ0n) is 20.5. The summed E-state index contributed by atoms with van der Waals surface area (Å²) in [4.78, 5) is 31.8. The molecular formula is C28H32N2O4S. The van der Waals surface area contributed by atoms with Gasteiger partial charge in [-0.2, -0.15) is 0 Å². The van der Waals surface area contributed by atoms with Crippen molar-refractivity contribution in [2.45, 2.75) is 26.3 Å². The Kier molecular flexibility index (Phi) is 8.21. The SMILES string of the molecule is COCCN(CC(=O)N1CCc2sccc2[C@H]1COc1ccccc1C)C(=O)c1ccccc1C. The minimum Gasteiger partial charge on any atom is -0.491 e. The number of carbonyl (C=O) groups excluding carboxylic acids is 2. The molecule has 2 aromatic carbocycles. The monoisotopic (exact) mass is 492 g/mol. The molecule has 1 aliphatic heterocycles. The van der Waals surface area contributed by atoms with Crippen LogP contribution in [0.25, 0.3) is 0 Å². The average Bonchev–Trinajstić information content (AvgIpc) is 3.35. The second-order valence-electron chi connectivity index (χ2n) is 8.76. The van der Waals surface area contributed by atoms with Gasteiger partial charge in [0, 0.05) is 30.6 Å². The topological polar surface area (TPSA) is 59.1 Å². The third-order valence-electron chi connectivity index (χ3n) is 6.46.